The van der Waals surface area contributed by atoms with Crippen molar-refractivity contribution in [1.82, 2.24) is 5.32 Å². The highest BCUT2D eigenvalue weighted by Crippen LogP contribution is 1.99. The van der Waals surface area contributed by atoms with Gasteiger partial charge in [-0.1, -0.05) is 24.6 Å². The molecule has 0 heterocycles. The molecule has 1 aromatic carbocycles. The molecule has 0 saturated heterocycles. The van der Waals surface area contributed by atoms with Crippen LogP contribution in [0.1, 0.15) is 29.6 Å². The Kier molecular flexibility index (Phi) is 5.93. The minimum Gasteiger partial charge on any atom is -0.352 e. The Morgan fingerprint density at radius 2 is 1.87 bits per heavy atom. The summed E-state index contributed by atoms with van der Waals surface area (Å²) < 4.78 is 0. The van der Waals surface area contributed by atoms with Crippen LogP contribution >= 0.6 is 12.6 Å². The second kappa shape index (κ2) is 7.35. The van der Waals surface area contributed by atoms with Gasteiger partial charge in [-0.05, 0) is 30.7 Å². The van der Waals surface area contributed by atoms with Gasteiger partial charge in [-0.15, -0.1) is 0 Å². The molecule has 1 amide bonds. The number of rotatable bonds is 6. The third kappa shape index (κ3) is 4.88. The van der Waals surface area contributed by atoms with Crippen LogP contribution in [-0.2, 0) is 0 Å². The average molecular weight is 223 g/mol. The summed E-state index contributed by atoms with van der Waals surface area (Å²) in [5, 5.41) is 2.89. The zero-order chi connectivity index (χ0) is 10.9. The summed E-state index contributed by atoms with van der Waals surface area (Å²) in [5.41, 5.74) is 0.728. The molecule has 0 aliphatic heterocycles. The third-order valence-corrected chi connectivity index (χ3v) is 2.47. The van der Waals surface area contributed by atoms with Gasteiger partial charge in [0, 0.05) is 12.1 Å². The van der Waals surface area contributed by atoms with Crippen molar-refractivity contribution in [1.29, 1.82) is 0 Å². The Morgan fingerprint density at radius 1 is 1.13 bits per heavy atom. The summed E-state index contributed by atoms with van der Waals surface area (Å²) >= 11 is 4.13. The first kappa shape index (κ1) is 12.1. The maximum Gasteiger partial charge on any atom is 0.251 e. The van der Waals surface area contributed by atoms with E-state index in [1.165, 1.54) is 0 Å². The molecule has 0 fully saturated rings. The largest absolute Gasteiger partial charge is 0.352 e. The van der Waals surface area contributed by atoms with E-state index in [1.807, 2.05) is 30.3 Å². The lowest BCUT2D eigenvalue weighted by atomic mass is 10.2. The van der Waals surface area contributed by atoms with Crippen LogP contribution in [0.3, 0.4) is 0 Å². The number of benzene rings is 1. The van der Waals surface area contributed by atoms with Gasteiger partial charge < -0.3 is 5.32 Å². The Labute approximate surface area is 96.5 Å². The number of unbranched alkanes of at least 4 members (excludes halogenated alkanes) is 2. The van der Waals surface area contributed by atoms with Crippen molar-refractivity contribution < 1.29 is 4.79 Å². The molecule has 0 bridgehead atoms. The molecule has 2 nitrogen and oxygen atoms in total. The standard InChI is InChI=1S/C12H17NOS/c14-12(11-7-3-1-4-8-11)13-9-5-2-6-10-15/h1,3-4,7-8,15H,2,5-6,9-10H2,(H,13,14). The fourth-order valence-corrected chi connectivity index (χ4v) is 1.53. The second-order valence-electron chi connectivity index (χ2n) is 3.41. The molecule has 1 rings (SSSR count). The van der Waals surface area contributed by atoms with Crippen LogP contribution in [0.5, 0.6) is 0 Å². The summed E-state index contributed by atoms with van der Waals surface area (Å²) in [4.78, 5) is 11.6. The topological polar surface area (TPSA) is 29.1 Å². The molecule has 1 aromatic rings. The van der Waals surface area contributed by atoms with E-state index in [-0.39, 0.29) is 5.91 Å². The molecule has 3 heteroatoms. The van der Waals surface area contributed by atoms with Crippen LogP contribution in [0.15, 0.2) is 30.3 Å². The molecule has 0 aliphatic rings. The molecule has 0 aromatic heterocycles. The number of thiol groups is 1. The first-order chi connectivity index (χ1) is 7.34. The lowest BCUT2D eigenvalue weighted by Crippen LogP contribution is -2.24. The van der Waals surface area contributed by atoms with E-state index in [2.05, 4.69) is 17.9 Å². The van der Waals surface area contributed by atoms with E-state index in [9.17, 15) is 4.79 Å². The minimum absolute atomic E-state index is 0.0153. The SMILES string of the molecule is O=C(NCCCCCS)c1ccccc1. The van der Waals surface area contributed by atoms with Gasteiger partial charge in [0.2, 0.25) is 0 Å². The number of hydrogen-bond donors (Lipinski definition) is 2. The van der Waals surface area contributed by atoms with E-state index >= 15 is 0 Å². The van der Waals surface area contributed by atoms with Crippen molar-refractivity contribution in [3.63, 3.8) is 0 Å². The van der Waals surface area contributed by atoms with Gasteiger partial charge in [0.05, 0.1) is 0 Å². The summed E-state index contributed by atoms with van der Waals surface area (Å²) in [6, 6.07) is 9.29. The number of carbonyl (C=O) groups excluding carboxylic acids is 1. The zero-order valence-electron chi connectivity index (χ0n) is 8.78. The van der Waals surface area contributed by atoms with E-state index in [0.29, 0.717) is 0 Å². The maximum atomic E-state index is 11.6. The van der Waals surface area contributed by atoms with Gasteiger partial charge in [-0.3, -0.25) is 4.79 Å². The summed E-state index contributed by atoms with van der Waals surface area (Å²) in [6.45, 7) is 0.751. The van der Waals surface area contributed by atoms with Crippen LogP contribution in [0.2, 0.25) is 0 Å². The molecule has 0 saturated carbocycles. The second-order valence-corrected chi connectivity index (χ2v) is 3.85. The molecular formula is C12H17NOS. The number of nitrogens with one attached hydrogen (secondary N) is 1. The van der Waals surface area contributed by atoms with Crippen molar-refractivity contribution in [3.8, 4) is 0 Å². The van der Waals surface area contributed by atoms with Gasteiger partial charge in [0.15, 0.2) is 0 Å². The van der Waals surface area contributed by atoms with Gasteiger partial charge in [0.1, 0.15) is 0 Å². The Bertz CT molecular complexity index is 287. The quantitative estimate of drug-likeness (QED) is 0.563. The Balaban J connectivity index is 2.20. The Morgan fingerprint density at radius 3 is 2.53 bits per heavy atom. The van der Waals surface area contributed by atoms with Crippen molar-refractivity contribution in [2.75, 3.05) is 12.3 Å². The van der Waals surface area contributed by atoms with E-state index in [0.717, 1.165) is 37.1 Å². The number of hydrogen-bond acceptors (Lipinski definition) is 2. The molecule has 0 spiro atoms. The summed E-state index contributed by atoms with van der Waals surface area (Å²) in [7, 11) is 0. The fourth-order valence-electron chi connectivity index (χ4n) is 1.31. The fraction of sp³-hybridized carbons (Fsp3) is 0.417. The predicted octanol–water partition coefficient (Wildman–Crippen LogP) is 2.52. The monoisotopic (exact) mass is 223 g/mol. The number of amides is 1. The summed E-state index contributed by atoms with van der Waals surface area (Å²) in [5.74, 6) is 0.938. The van der Waals surface area contributed by atoms with Crippen LogP contribution in [0.4, 0.5) is 0 Å². The smallest absolute Gasteiger partial charge is 0.251 e. The van der Waals surface area contributed by atoms with Gasteiger partial charge in [-0.25, -0.2) is 0 Å². The molecule has 1 N–H and O–H groups in total. The Hall–Kier alpha value is -0.960. The lowest BCUT2D eigenvalue weighted by molar-refractivity contribution is 0.0953. The van der Waals surface area contributed by atoms with E-state index in [1.54, 1.807) is 0 Å². The average Bonchev–Trinajstić information content (AvgIpc) is 2.30. The molecule has 0 radical (unpaired) electrons. The van der Waals surface area contributed by atoms with Gasteiger partial charge >= 0.3 is 0 Å². The zero-order valence-corrected chi connectivity index (χ0v) is 9.67. The minimum atomic E-state index is 0.0153. The van der Waals surface area contributed by atoms with E-state index in [4.69, 9.17) is 0 Å². The molecule has 0 atom stereocenters. The van der Waals surface area contributed by atoms with Crippen LogP contribution in [0.25, 0.3) is 0 Å². The highest BCUT2D eigenvalue weighted by Gasteiger charge is 2.01. The maximum absolute atomic E-state index is 11.6. The van der Waals surface area contributed by atoms with Crippen LogP contribution < -0.4 is 5.32 Å². The van der Waals surface area contributed by atoms with Gasteiger partial charge in [-0.2, -0.15) is 12.6 Å². The first-order valence-electron chi connectivity index (χ1n) is 5.28. The molecule has 82 valence electrons. The van der Waals surface area contributed by atoms with Crippen LogP contribution in [0, 0.1) is 0 Å². The predicted molar refractivity (Wildman–Crippen MR) is 66.5 cm³/mol. The third-order valence-electron chi connectivity index (χ3n) is 2.16. The van der Waals surface area contributed by atoms with Crippen LogP contribution in [-0.4, -0.2) is 18.2 Å². The first-order valence-corrected chi connectivity index (χ1v) is 5.92. The normalized spacial score (nSPS) is 9.93. The van der Waals surface area contributed by atoms with Crippen molar-refractivity contribution in [3.05, 3.63) is 35.9 Å². The van der Waals surface area contributed by atoms with E-state index < -0.39 is 0 Å². The number of carbonyl (C=O) groups is 1. The van der Waals surface area contributed by atoms with Crippen molar-refractivity contribution in [2.24, 2.45) is 0 Å². The van der Waals surface area contributed by atoms with Crippen molar-refractivity contribution >= 4 is 18.5 Å². The highest BCUT2D eigenvalue weighted by atomic mass is 32.1. The van der Waals surface area contributed by atoms with Crippen molar-refractivity contribution in [2.45, 2.75) is 19.3 Å². The molecule has 0 aliphatic carbocycles. The molecule has 0 unspecified atom stereocenters. The summed E-state index contributed by atoms with van der Waals surface area (Å²) in [6.07, 6.45) is 3.27. The lowest BCUT2D eigenvalue weighted by Gasteiger charge is -2.04. The highest BCUT2D eigenvalue weighted by molar-refractivity contribution is 7.80. The molecule has 15 heavy (non-hydrogen) atoms. The van der Waals surface area contributed by atoms with Gasteiger partial charge in [0.25, 0.3) is 5.91 Å². The molecular weight excluding hydrogens is 206 g/mol.